The van der Waals surface area contributed by atoms with Crippen molar-refractivity contribution in [3.8, 4) is 0 Å². The average molecular weight is 310 g/mol. The Hall–Kier alpha value is -1.56. The summed E-state index contributed by atoms with van der Waals surface area (Å²) in [6.07, 6.45) is 2.56. The lowest BCUT2D eigenvalue weighted by molar-refractivity contribution is 0.0529. The van der Waals surface area contributed by atoms with Crippen molar-refractivity contribution < 1.29 is 14.3 Å². The zero-order valence-corrected chi connectivity index (χ0v) is 13.5. The van der Waals surface area contributed by atoms with Crippen molar-refractivity contribution in [2.24, 2.45) is 5.92 Å². The number of hydrogen-bond donors (Lipinski definition) is 2. The molecule has 6 heteroatoms. The van der Waals surface area contributed by atoms with E-state index in [1.807, 2.05) is 0 Å². The molecule has 3 N–H and O–H groups in total. The van der Waals surface area contributed by atoms with Crippen LogP contribution in [0.5, 0.6) is 0 Å². The molecular formula is C15H22N2O3S. The third-order valence-electron chi connectivity index (χ3n) is 3.76. The smallest absolute Gasteiger partial charge is 0.343 e. The third-order valence-corrected chi connectivity index (χ3v) is 4.94. The van der Waals surface area contributed by atoms with Crippen molar-refractivity contribution in [1.29, 1.82) is 0 Å². The van der Waals surface area contributed by atoms with Crippen molar-refractivity contribution in [3.63, 3.8) is 0 Å². The minimum Gasteiger partial charge on any atom is -0.462 e. The van der Waals surface area contributed by atoms with Crippen LogP contribution in [0.4, 0.5) is 10.7 Å². The van der Waals surface area contributed by atoms with E-state index in [1.54, 1.807) is 13.8 Å². The molecule has 1 fully saturated rings. The summed E-state index contributed by atoms with van der Waals surface area (Å²) in [6.45, 7) is 5.96. The molecule has 0 saturated heterocycles. The molecule has 0 aliphatic heterocycles. The van der Waals surface area contributed by atoms with Crippen LogP contribution >= 0.6 is 11.3 Å². The lowest BCUT2D eigenvalue weighted by Crippen LogP contribution is -2.12. The van der Waals surface area contributed by atoms with Gasteiger partial charge in [-0.05, 0) is 19.3 Å². The molecule has 1 aromatic rings. The predicted molar refractivity (Wildman–Crippen MR) is 85.1 cm³/mol. The maximum Gasteiger partial charge on any atom is 0.343 e. The maximum absolute atomic E-state index is 12.1. The fourth-order valence-electron chi connectivity index (χ4n) is 2.36. The summed E-state index contributed by atoms with van der Waals surface area (Å²) in [6, 6.07) is 0.366. The molecule has 1 aliphatic carbocycles. The Kier molecular flexibility index (Phi) is 4.88. The first kappa shape index (κ1) is 15.8. The Morgan fingerprint density at radius 1 is 1.38 bits per heavy atom. The summed E-state index contributed by atoms with van der Waals surface area (Å²) < 4.78 is 5.07. The van der Waals surface area contributed by atoms with E-state index in [9.17, 15) is 9.59 Å². The third kappa shape index (κ3) is 3.20. The second kappa shape index (κ2) is 6.47. The Morgan fingerprint density at radius 3 is 2.62 bits per heavy atom. The fourth-order valence-corrected chi connectivity index (χ4v) is 3.54. The summed E-state index contributed by atoms with van der Waals surface area (Å²) in [5, 5.41) is 4.02. The van der Waals surface area contributed by atoms with Gasteiger partial charge in [-0.1, -0.05) is 20.3 Å². The monoisotopic (exact) mass is 310 g/mol. The Bertz CT molecular complexity index is 553. The molecule has 2 unspecified atom stereocenters. The number of carbonyl (C=O) groups excluding carboxylic acids is 2. The van der Waals surface area contributed by atoms with Crippen molar-refractivity contribution in [1.82, 2.24) is 0 Å². The van der Waals surface area contributed by atoms with E-state index in [0.717, 1.165) is 12.8 Å². The van der Waals surface area contributed by atoms with Crippen LogP contribution in [0.2, 0.25) is 0 Å². The van der Waals surface area contributed by atoms with Gasteiger partial charge in [-0.3, -0.25) is 4.79 Å². The van der Waals surface area contributed by atoms with E-state index in [1.165, 1.54) is 11.3 Å². The van der Waals surface area contributed by atoms with Crippen LogP contribution in [0.15, 0.2) is 0 Å². The van der Waals surface area contributed by atoms with Crippen molar-refractivity contribution in [3.05, 3.63) is 10.4 Å². The van der Waals surface area contributed by atoms with Gasteiger partial charge in [0.1, 0.15) is 10.6 Å². The molecule has 0 radical (unpaired) electrons. The minimum atomic E-state index is -0.461. The van der Waals surface area contributed by atoms with Gasteiger partial charge in [-0.15, -0.1) is 11.3 Å². The van der Waals surface area contributed by atoms with E-state index in [2.05, 4.69) is 12.2 Å². The van der Waals surface area contributed by atoms with Crippen molar-refractivity contribution >= 4 is 33.8 Å². The molecule has 2 atom stereocenters. The van der Waals surface area contributed by atoms with E-state index in [-0.39, 0.29) is 18.1 Å². The summed E-state index contributed by atoms with van der Waals surface area (Å²) in [4.78, 5) is 24.5. The Balaban J connectivity index is 2.32. The summed E-state index contributed by atoms with van der Waals surface area (Å²) in [5.41, 5.74) is 6.60. The van der Waals surface area contributed by atoms with Crippen LogP contribution < -0.4 is 11.1 Å². The second-order valence-corrected chi connectivity index (χ2v) is 6.22. The molecule has 2 rings (SSSR count). The first-order valence-electron chi connectivity index (χ1n) is 7.42. The average Bonchev–Trinajstić information content (AvgIpc) is 3.13. The minimum absolute atomic E-state index is 0.0427. The van der Waals surface area contributed by atoms with E-state index in [0.29, 0.717) is 33.8 Å². The summed E-state index contributed by atoms with van der Waals surface area (Å²) in [7, 11) is 0. The number of ether oxygens (including phenoxy) is 1. The van der Waals surface area contributed by atoms with Crippen LogP contribution in [0.1, 0.15) is 60.1 Å². The van der Waals surface area contributed by atoms with Crippen LogP contribution in [0.25, 0.3) is 0 Å². The molecule has 5 nitrogen and oxygen atoms in total. The molecule has 21 heavy (non-hydrogen) atoms. The van der Waals surface area contributed by atoms with Gasteiger partial charge < -0.3 is 15.8 Å². The highest BCUT2D eigenvalue weighted by molar-refractivity contribution is 7.19. The number of nitrogens with two attached hydrogens (primary N) is 1. The number of carbonyl (C=O) groups is 2. The number of nitrogens with one attached hydrogen (secondary N) is 1. The van der Waals surface area contributed by atoms with E-state index in [4.69, 9.17) is 10.5 Å². The van der Waals surface area contributed by atoms with Crippen molar-refractivity contribution in [2.45, 2.75) is 46.1 Å². The highest BCUT2D eigenvalue weighted by Gasteiger charge is 2.37. The summed E-state index contributed by atoms with van der Waals surface area (Å²) >= 11 is 1.27. The molecule has 0 amide bonds. The number of thiophene rings is 1. The standard InChI is InChI=1S/C15H22N2O3S/c1-4-8-7-9(8)17-14-11(15(19)20-6-3)12(16)13(21-14)10(18)5-2/h8-9,17H,4-7,16H2,1-3H3. The first-order valence-corrected chi connectivity index (χ1v) is 8.24. The normalized spacial score (nSPS) is 20.1. The van der Waals surface area contributed by atoms with E-state index < -0.39 is 5.97 Å². The fraction of sp³-hybridized carbons (Fsp3) is 0.600. The van der Waals surface area contributed by atoms with Gasteiger partial charge in [0.2, 0.25) is 0 Å². The lowest BCUT2D eigenvalue weighted by Gasteiger charge is -2.07. The number of anilines is 2. The van der Waals surface area contributed by atoms with Crippen LogP contribution in [0, 0.1) is 5.92 Å². The predicted octanol–water partition coefficient (Wildman–Crippen LogP) is 3.31. The van der Waals surface area contributed by atoms with Crippen molar-refractivity contribution in [2.75, 3.05) is 17.7 Å². The number of hydrogen-bond acceptors (Lipinski definition) is 6. The van der Waals surface area contributed by atoms with Gasteiger partial charge in [-0.2, -0.15) is 0 Å². The second-order valence-electron chi connectivity index (χ2n) is 5.20. The highest BCUT2D eigenvalue weighted by atomic mass is 32.1. The molecule has 0 aromatic carbocycles. The van der Waals surface area contributed by atoms with Crippen LogP contribution in [-0.2, 0) is 4.74 Å². The molecule has 1 aromatic heterocycles. The van der Waals surface area contributed by atoms with Gasteiger partial charge in [0.15, 0.2) is 5.78 Å². The molecule has 0 spiro atoms. The molecule has 1 aliphatic rings. The molecule has 116 valence electrons. The topological polar surface area (TPSA) is 81.4 Å². The first-order chi connectivity index (χ1) is 10.0. The van der Waals surface area contributed by atoms with E-state index >= 15 is 0 Å². The number of rotatable bonds is 7. The molecule has 0 bridgehead atoms. The largest absolute Gasteiger partial charge is 0.462 e. The lowest BCUT2D eigenvalue weighted by atomic mass is 10.1. The van der Waals surface area contributed by atoms with Gasteiger partial charge >= 0.3 is 5.97 Å². The Morgan fingerprint density at radius 2 is 2.10 bits per heavy atom. The maximum atomic E-state index is 12.1. The van der Waals surface area contributed by atoms with Gasteiger partial charge in [0.25, 0.3) is 0 Å². The molecule has 1 heterocycles. The number of nitrogen functional groups attached to an aromatic ring is 1. The van der Waals surface area contributed by atoms with Gasteiger partial charge in [0.05, 0.1) is 17.2 Å². The summed E-state index contributed by atoms with van der Waals surface area (Å²) in [5.74, 6) is 0.130. The number of Topliss-reactive ketones (excluding diaryl/α,β-unsaturated/α-hetero) is 1. The Labute approximate surface area is 128 Å². The number of ketones is 1. The van der Waals surface area contributed by atoms with Crippen LogP contribution in [0.3, 0.4) is 0 Å². The molecule has 1 saturated carbocycles. The van der Waals surface area contributed by atoms with Crippen LogP contribution in [-0.4, -0.2) is 24.4 Å². The zero-order chi connectivity index (χ0) is 15.6. The SMILES string of the molecule is CCOC(=O)c1c(NC2CC2CC)sc(C(=O)CC)c1N. The highest BCUT2D eigenvalue weighted by Crippen LogP contribution is 2.42. The number of esters is 1. The van der Waals surface area contributed by atoms with Gasteiger partial charge in [0, 0.05) is 12.5 Å². The quantitative estimate of drug-likeness (QED) is 0.596. The zero-order valence-electron chi connectivity index (χ0n) is 12.7. The molecular weight excluding hydrogens is 288 g/mol. The van der Waals surface area contributed by atoms with Gasteiger partial charge in [-0.25, -0.2) is 4.79 Å².